The number of fused-ring (bicyclic) bond motifs is 1. The zero-order valence-corrected chi connectivity index (χ0v) is 19.7. The average molecular weight is 501 g/mol. The van der Waals surface area contributed by atoms with Crippen LogP contribution in [-0.2, 0) is 16.1 Å². The Balaban J connectivity index is 1.35. The molecule has 0 spiro atoms. The van der Waals surface area contributed by atoms with E-state index in [9.17, 15) is 19.2 Å². The normalized spacial score (nSPS) is 21.1. The van der Waals surface area contributed by atoms with Crippen LogP contribution in [0.3, 0.4) is 0 Å². The number of carbonyl (C=O) groups excluding carboxylic acids is 4. The highest BCUT2D eigenvalue weighted by atomic mass is 35.5. The van der Waals surface area contributed by atoms with Crippen LogP contribution < -0.4 is 10.6 Å². The second kappa shape index (κ2) is 9.00. The minimum absolute atomic E-state index is 0.189. The number of piperidine rings is 1. The van der Waals surface area contributed by atoms with E-state index in [1.165, 1.54) is 11.1 Å². The summed E-state index contributed by atoms with van der Waals surface area (Å²) in [5.74, 6) is -1.14. The molecule has 2 N–H and O–H groups in total. The van der Waals surface area contributed by atoms with Crippen molar-refractivity contribution in [1.82, 2.24) is 20.5 Å². The maximum absolute atomic E-state index is 13.2. The third-order valence-corrected chi connectivity index (χ3v) is 7.33. The Bertz CT molecular complexity index is 1210. The van der Waals surface area contributed by atoms with Gasteiger partial charge in [0.15, 0.2) is 0 Å². The van der Waals surface area contributed by atoms with Crippen molar-refractivity contribution < 1.29 is 19.2 Å². The SMILES string of the molecule is O=C1CCC(N2Cc3cc(C(=O)N[C@H](c4ncc(Cl)cc4Cl)C4CCC4)ccc3C2=O)C(=O)N1. The number of hydrogen-bond acceptors (Lipinski definition) is 5. The highest BCUT2D eigenvalue weighted by Crippen LogP contribution is 2.40. The van der Waals surface area contributed by atoms with Crippen molar-refractivity contribution in [3.63, 3.8) is 0 Å². The van der Waals surface area contributed by atoms with Crippen LogP contribution >= 0.6 is 23.2 Å². The summed E-state index contributed by atoms with van der Waals surface area (Å²) in [6.07, 6.45) is 5.00. The summed E-state index contributed by atoms with van der Waals surface area (Å²) in [6, 6.07) is 5.48. The molecule has 8 nitrogen and oxygen atoms in total. The fourth-order valence-corrected chi connectivity index (χ4v) is 5.27. The topological polar surface area (TPSA) is 108 Å². The zero-order chi connectivity index (χ0) is 24.0. The number of pyridine rings is 1. The summed E-state index contributed by atoms with van der Waals surface area (Å²) in [5.41, 5.74) is 2.12. The minimum atomic E-state index is -0.698. The molecular formula is C24H22Cl2N4O4. The molecule has 1 saturated heterocycles. The van der Waals surface area contributed by atoms with Gasteiger partial charge in [-0.2, -0.15) is 0 Å². The molecule has 2 fully saturated rings. The fourth-order valence-electron chi connectivity index (χ4n) is 4.78. The van der Waals surface area contributed by atoms with Gasteiger partial charge < -0.3 is 10.2 Å². The van der Waals surface area contributed by atoms with E-state index >= 15 is 0 Å². The van der Waals surface area contributed by atoms with Crippen molar-refractivity contribution in [2.75, 3.05) is 0 Å². The molecule has 1 unspecified atom stereocenters. The van der Waals surface area contributed by atoms with Crippen molar-refractivity contribution in [1.29, 1.82) is 0 Å². The molecule has 5 rings (SSSR count). The first-order valence-corrected chi connectivity index (χ1v) is 12.0. The monoisotopic (exact) mass is 500 g/mol. The van der Waals surface area contributed by atoms with Gasteiger partial charge in [-0.15, -0.1) is 0 Å². The molecule has 2 aromatic rings. The van der Waals surface area contributed by atoms with E-state index in [4.69, 9.17) is 23.2 Å². The number of carbonyl (C=O) groups is 4. The second-order valence-corrected chi connectivity index (χ2v) is 9.78. The van der Waals surface area contributed by atoms with Gasteiger partial charge in [0.05, 0.1) is 21.8 Å². The number of benzene rings is 1. The molecule has 1 saturated carbocycles. The third kappa shape index (κ3) is 4.16. The fraction of sp³-hybridized carbons (Fsp3) is 0.375. The first kappa shape index (κ1) is 22.8. The summed E-state index contributed by atoms with van der Waals surface area (Å²) in [5, 5.41) is 6.19. The Morgan fingerprint density at radius 1 is 1.15 bits per heavy atom. The molecular weight excluding hydrogens is 479 g/mol. The highest BCUT2D eigenvalue weighted by molar-refractivity contribution is 6.34. The number of aromatic nitrogens is 1. The van der Waals surface area contributed by atoms with Crippen LogP contribution in [0.2, 0.25) is 10.0 Å². The Morgan fingerprint density at radius 3 is 2.62 bits per heavy atom. The van der Waals surface area contributed by atoms with E-state index in [1.54, 1.807) is 24.3 Å². The Labute approximate surface area is 206 Å². The van der Waals surface area contributed by atoms with Crippen molar-refractivity contribution >= 4 is 46.8 Å². The van der Waals surface area contributed by atoms with Gasteiger partial charge in [-0.3, -0.25) is 29.5 Å². The molecule has 1 aromatic carbocycles. The van der Waals surface area contributed by atoms with Gasteiger partial charge in [-0.25, -0.2) is 0 Å². The van der Waals surface area contributed by atoms with Gasteiger partial charge in [0, 0.05) is 30.3 Å². The molecule has 2 atom stereocenters. The standard InChI is InChI=1S/C24H22Cl2N4O4/c25-15-9-17(26)21(27-10-15)20(12-2-1-3-12)29-22(32)13-4-5-16-14(8-13)11-30(24(16)34)18-6-7-19(31)28-23(18)33/h4-5,8-10,12,18,20H,1-3,6-7,11H2,(H,29,32)(H,28,31,33)/t18?,20-/m0/s1. The number of imide groups is 1. The summed E-state index contributed by atoms with van der Waals surface area (Å²) in [7, 11) is 0. The van der Waals surface area contributed by atoms with Crippen LogP contribution in [0.5, 0.6) is 0 Å². The van der Waals surface area contributed by atoms with Crippen molar-refractivity contribution in [3.8, 4) is 0 Å². The molecule has 3 heterocycles. The first-order valence-electron chi connectivity index (χ1n) is 11.2. The van der Waals surface area contributed by atoms with E-state index in [-0.39, 0.29) is 49.1 Å². The van der Waals surface area contributed by atoms with Gasteiger partial charge in [0.1, 0.15) is 6.04 Å². The Hall–Kier alpha value is -2.97. The lowest BCUT2D eigenvalue weighted by molar-refractivity contribution is -0.136. The number of nitrogens with zero attached hydrogens (tertiary/aromatic N) is 2. The van der Waals surface area contributed by atoms with Gasteiger partial charge in [-0.1, -0.05) is 29.6 Å². The molecule has 10 heteroatoms. The zero-order valence-electron chi connectivity index (χ0n) is 18.1. The van der Waals surface area contributed by atoms with Gasteiger partial charge in [-0.05, 0) is 55.0 Å². The predicted octanol–water partition coefficient (Wildman–Crippen LogP) is 3.42. The summed E-state index contributed by atoms with van der Waals surface area (Å²) >= 11 is 12.4. The molecule has 0 bridgehead atoms. The number of nitrogens with one attached hydrogen (secondary N) is 2. The van der Waals surface area contributed by atoms with Crippen molar-refractivity contribution in [3.05, 3.63) is 62.9 Å². The van der Waals surface area contributed by atoms with Gasteiger partial charge in [0.25, 0.3) is 11.8 Å². The maximum atomic E-state index is 13.2. The van der Waals surface area contributed by atoms with E-state index in [0.29, 0.717) is 32.4 Å². The van der Waals surface area contributed by atoms with Crippen molar-refractivity contribution in [2.45, 2.75) is 50.7 Å². The van der Waals surface area contributed by atoms with Gasteiger partial charge >= 0.3 is 0 Å². The number of halogens is 2. The lowest BCUT2D eigenvalue weighted by Gasteiger charge is -2.34. The smallest absolute Gasteiger partial charge is 0.255 e. The molecule has 3 aliphatic rings. The molecule has 176 valence electrons. The summed E-state index contributed by atoms with van der Waals surface area (Å²) in [6.45, 7) is 0.207. The van der Waals surface area contributed by atoms with Crippen LogP contribution in [0.15, 0.2) is 30.5 Å². The van der Waals surface area contributed by atoms with Crippen molar-refractivity contribution in [2.24, 2.45) is 5.92 Å². The van der Waals surface area contributed by atoms with Crippen LogP contribution in [0, 0.1) is 5.92 Å². The molecule has 34 heavy (non-hydrogen) atoms. The summed E-state index contributed by atoms with van der Waals surface area (Å²) in [4.78, 5) is 55.6. The maximum Gasteiger partial charge on any atom is 0.255 e. The van der Waals surface area contributed by atoms with Crippen LogP contribution in [0.4, 0.5) is 0 Å². The van der Waals surface area contributed by atoms with E-state index in [1.807, 2.05) is 0 Å². The highest BCUT2D eigenvalue weighted by Gasteiger charge is 2.39. The van der Waals surface area contributed by atoms with E-state index in [0.717, 1.165) is 19.3 Å². The third-order valence-electron chi connectivity index (χ3n) is 6.82. The summed E-state index contributed by atoms with van der Waals surface area (Å²) < 4.78 is 0. The molecule has 0 radical (unpaired) electrons. The molecule has 2 aliphatic heterocycles. The largest absolute Gasteiger partial charge is 0.343 e. The number of hydrogen-bond donors (Lipinski definition) is 2. The first-order chi connectivity index (χ1) is 16.3. The van der Waals surface area contributed by atoms with Crippen LogP contribution in [0.25, 0.3) is 0 Å². The van der Waals surface area contributed by atoms with Crippen LogP contribution in [-0.4, -0.2) is 39.6 Å². The predicted molar refractivity (Wildman–Crippen MR) is 124 cm³/mol. The lowest BCUT2D eigenvalue weighted by atomic mass is 9.78. The quantitative estimate of drug-likeness (QED) is 0.611. The minimum Gasteiger partial charge on any atom is -0.343 e. The number of amides is 4. The second-order valence-electron chi connectivity index (χ2n) is 8.93. The Morgan fingerprint density at radius 2 is 1.94 bits per heavy atom. The van der Waals surface area contributed by atoms with Crippen LogP contribution in [0.1, 0.15) is 70.1 Å². The molecule has 1 aromatic heterocycles. The van der Waals surface area contributed by atoms with E-state index in [2.05, 4.69) is 15.6 Å². The van der Waals surface area contributed by atoms with Gasteiger partial charge in [0.2, 0.25) is 11.8 Å². The van der Waals surface area contributed by atoms with E-state index < -0.39 is 11.9 Å². The number of rotatable bonds is 5. The molecule has 1 aliphatic carbocycles. The lowest BCUT2D eigenvalue weighted by Crippen LogP contribution is -2.52. The average Bonchev–Trinajstić information content (AvgIpc) is 3.08. The Kier molecular flexibility index (Phi) is 6.04. The molecule has 4 amide bonds.